The first-order valence-electron chi connectivity index (χ1n) is 11.5. The fourth-order valence-electron chi connectivity index (χ4n) is 4.25. The number of thiocarbonyl (C=S) groups is 1. The number of hydrogen-bond donors (Lipinski definition) is 1. The molecule has 1 aromatic heterocycles. The van der Waals surface area contributed by atoms with Gasteiger partial charge in [-0.15, -0.1) is 0 Å². The Kier molecular flexibility index (Phi) is 6.22. The summed E-state index contributed by atoms with van der Waals surface area (Å²) in [7, 11) is -3.56. The number of rotatable bonds is 9. The summed E-state index contributed by atoms with van der Waals surface area (Å²) in [5, 5.41) is 4.34. The van der Waals surface area contributed by atoms with Crippen molar-refractivity contribution < 1.29 is 13.2 Å². The minimum absolute atomic E-state index is 0.0434. The second-order valence-corrected chi connectivity index (χ2v) is 11.4. The molecule has 0 radical (unpaired) electrons. The van der Waals surface area contributed by atoms with E-state index in [2.05, 4.69) is 15.2 Å². The van der Waals surface area contributed by atoms with E-state index in [0.29, 0.717) is 19.1 Å². The van der Waals surface area contributed by atoms with Gasteiger partial charge in [0.25, 0.3) is 0 Å². The zero-order valence-electron chi connectivity index (χ0n) is 18.2. The molecule has 0 unspecified atom stereocenters. The van der Waals surface area contributed by atoms with E-state index in [1.165, 1.54) is 0 Å². The molecule has 2 aromatic rings. The highest BCUT2D eigenvalue weighted by molar-refractivity contribution is 7.90. The molecule has 1 atom stereocenters. The van der Waals surface area contributed by atoms with E-state index in [9.17, 15) is 8.42 Å². The molecule has 7 nitrogen and oxygen atoms in total. The zero-order valence-corrected chi connectivity index (χ0v) is 19.8. The summed E-state index contributed by atoms with van der Waals surface area (Å²) in [4.78, 5) is 6.55. The lowest BCUT2D eigenvalue weighted by atomic mass is 10.2. The topological polar surface area (TPSA) is 76.5 Å². The Balaban J connectivity index is 1.39. The third-order valence-electron chi connectivity index (χ3n) is 6.22. The Hall–Kier alpha value is -1.97. The van der Waals surface area contributed by atoms with Gasteiger partial charge in [0.1, 0.15) is 0 Å². The first-order chi connectivity index (χ1) is 15.5. The zero-order chi connectivity index (χ0) is 22.1. The Labute approximate surface area is 195 Å². The van der Waals surface area contributed by atoms with Gasteiger partial charge in [-0.3, -0.25) is 0 Å². The number of ether oxygens (including phenoxy) is 1. The van der Waals surface area contributed by atoms with Crippen LogP contribution in [0.25, 0.3) is 0 Å². The number of imidazole rings is 1. The molecule has 3 aliphatic rings. The van der Waals surface area contributed by atoms with E-state index in [4.69, 9.17) is 17.0 Å². The monoisotopic (exact) mass is 474 g/mol. The maximum Gasteiger partial charge on any atom is 0.228 e. The molecule has 9 heteroatoms. The van der Waals surface area contributed by atoms with E-state index in [1.54, 1.807) is 6.20 Å². The second-order valence-electron chi connectivity index (χ2n) is 9.12. The molecule has 0 bridgehead atoms. The van der Waals surface area contributed by atoms with Crippen molar-refractivity contribution in [3.8, 4) is 0 Å². The van der Waals surface area contributed by atoms with Gasteiger partial charge in [0, 0.05) is 25.2 Å². The van der Waals surface area contributed by atoms with Crippen LogP contribution in [0, 0.1) is 0 Å². The molecule has 1 aliphatic heterocycles. The fraction of sp³-hybridized carbons (Fsp3) is 0.565. The van der Waals surface area contributed by atoms with Crippen LogP contribution >= 0.6 is 12.2 Å². The largest absolute Gasteiger partial charge is 0.376 e. The second kappa shape index (κ2) is 9.11. The molecule has 2 aliphatic carbocycles. The number of nitrogens with one attached hydrogen (secondary N) is 1. The molecule has 2 heterocycles. The predicted molar refractivity (Wildman–Crippen MR) is 126 cm³/mol. The lowest BCUT2D eigenvalue weighted by Crippen LogP contribution is -2.44. The number of nitrogens with zero attached hydrogens (tertiary/aromatic N) is 3. The maximum atomic E-state index is 13.3. The molecule has 2 saturated carbocycles. The first-order valence-corrected chi connectivity index (χ1v) is 13.6. The van der Waals surface area contributed by atoms with Crippen molar-refractivity contribution >= 4 is 27.2 Å². The molecular formula is C23H30N4O3S2. The molecule has 1 saturated heterocycles. The summed E-state index contributed by atoms with van der Waals surface area (Å²) >= 11 is 5.73. The van der Waals surface area contributed by atoms with Crippen LogP contribution in [0.3, 0.4) is 0 Å². The molecule has 32 heavy (non-hydrogen) atoms. The lowest BCUT2D eigenvalue weighted by molar-refractivity contribution is 0.0892. The molecular weight excluding hydrogens is 444 g/mol. The fourth-order valence-corrected chi connectivity index (χ4v) is 6.09. The first kappa shape index (κ1) is 21.9. The molecule has 1 N–H and O–H groups in total. The van der Waals surface area contributed by atoms with Gasteiger partial charge in [0.15, 0.2) is 5.11 Å². The summed E-state index contributed by atoms with van der Waals surface area (Å²) in [6, 6.07) is 9.95. The van der Waals surface area contributed by atoms with Crippen LogP contribution in [0.4, 0.5) is 0 Å². The van der Waals surface area contributed by atoms with E-state index < -0.39 is 9.84 Å². The maximum absolute atomic E-state index is 13.3. The van der Waals surface area contributed by atoms with Crippen molar-refractivity contribution in [1.82, 2.24) is 19.8 Å². The Morgan fingerprint density at radius 1 is 1.19 bits per heavy atom. The number of benzene rings is 1. The van der Waals surface area contributed by atoms with E-state index in [0.717, 1.165) is 61.5 Å². The minimum Gasteiger partial charge on any atom is -0.376 e. The number of aromatic nitrogens is 2. The summed E-state index contributed by atoms with van der Waals surface area (Å²) in [6.45, 7) is 2.03. The highest BCUT2D eigenvalue weighted by Crippen LogP contribution is 2.39. The van der Waals surface area contributed by atoms with E-state index in [-0.39, 0.29) is 23.1 Å². The van der Waals surface area contributed by atoms with Crippen LogP contribution in [0.5, 0.6) is 0 Å². The smallest absolute Gasteiger partial charge is 0.228 e. The van der Waals surface area contributed by atoms with Gasteiger partial charge in [-0.2, -0.15) is 0 Å². The van der Waals surface area contributed by atoms with Crippen molar-refractivity contribution in [2.45, 2.75) is 74.2 Å². The van der Waals surface area contributed by atoms with Crippen LogP contribution < -0.4 is 5.32 Å². The van der Waals surface area contributed by atoms with Crippen LogP contribution in [0.15, 0.2) is 41.7 Å². The predicted octanol–water partition coefficient (Wildman–Crippen LogP) is 3.21. The summed E-state index contributed by atoms with van der Waals surface area (Å²) in [6.07, 6.45) is 8.24. The Morgan fingerprint density at radius 2 is 1.97 bits per heavy atom. The number of hydrogen-bond acceptors (Lipinski definition) is 5. The van der Waals surface area contributed by atoms with Gasteiger partial charge in [-0.1, -0.05) is 30.3 Å². The van der Waals surface area contributed by atoms with Gasteiger partial charge in [0.2, 0.25) is 15.0 Å². The molecule has 0 amide bonds. The lowest BCUT2D eigenvalue weighted by Gasteiger charge is -2.28. The summed E-state index contributed by atoms with van der Waals surface area (Å²) in [5.74, 6) is -0.0434. The third kappa shape index (κ3) is 5.15. The van der Waals surface area contributed by atoms with Crippen molar-refractivity contribution in [2.75, 3.05) is 13.2 Å². The average molecular weight is 475 g/mol. The Bertz CT molecular complexity index is 1060. The van der Waals surface area contributed by atoms with Crippen molar-refractivity contribution in [3.63, 3.8) is 0 Å². The Morgan fingerprint density at radius 3 is 2.62 bits per heavy atom. The van der Waals surface area contributed by atoms with Crippen LogP contribution in [-0.4, -0.2) is 53.3 Å². The highest BCUT2D eigenvalue weighted by atomic mass is 32.2. The minimum atomic E-state index is -3.56. The van der Waals surface area contributed by atoms with Gasteiger partial charge in [0.05, 0.1) is 30.3 Å². The van der Waals surface area contributed by atoms with Gasteiger partial charge in [-0.05, 0) is 56.3 Å². The van der Waals surface area contributed by atoms with Gasteiger partial charge >= 0.3 is 0 Å². The van der Waals surface area contributed by atoms with Gasteiger partial charge < -0.3 is 19.5 Å². The summed E-state index contributed by atoms with van der Waals surface area (Å²) < 4.78 is 34.3. The van der Waals surface area contributed by atoms with Gasteiger partial charge in [-0.25, -0.2) is 13.4 Å². The van der Waals surface area contributed by atoms with Crippen molar-refractivity contribution in [3.05, 3.63) is 47.8 Å². The number of sulfone groups is 1. The quantitative estimate of drug-likeness (QED) is 0.559. The molecule has 3 fully saturated rings. The van der Waals surface area contributed by atoms with Crippen LogP contribution in [0.1, 0.15) is 55.8 Å². The SMILES string of the molecule is O=S(=O)(Cc1ccccc1)c1ncc(CN(C[C@@H]2CCCO2)C(=S)NC2CC2)n1C1CC1. The molecule has 1 aromatic carbocycles. The molecule has 0 spiro atoms. The van der Waals surface area contributed by atoms with Crippen molar-refractivity contribution in [1.29, 1.82) is 0 Å². The van der Waals surface area contributed by atoms with E-state index >= 15 is 0 Å². The van der Waals surface area contributed by atoms with E-state index in [1.807, 2.05) is 34.9 Å². The standard InChI is InChI=1S/C23H30N4O3S2/c28-32(29,16-17-5-2-1-3-6-17)23-24-13-20(27(23)19-10-11-19)14-26(15-21-7-4-12-30-21)22(31)25-18-8-9-18/h1-3,5-6,13,18-19,21H,4,7-12,14-16H2,(H,25,31)/t21-/m0/s1. The summed E-state index contributed by atoms with van der Waals surface area (Å²) in [5.41, 5.74) is 1.67. The highest BCUT2D eigenvalue weighted by Gasteiger charge is 2.34. The molecule has 5 rings (SSSR count). The average Bonchev–Trinajstić information content (AvgIpc) is 3.68. The van der Waals surface area contributed by atoms with Crippen LogP contribution in [0.2, 0.25) is 0 Å². The molecule has 172 valence electrons. The van der Waals surface area contributed by atoms with Crippen LogP contribution in [-0.2, 0) is 26.9 Å². The normalized spacial score (nSPS) is 20.9. The van der Waals surface area contributed by atoms with Crippen molar-refractivity contribution in [2.24, 2.45) is 0 Å². The third-order valence-corrected chi connectivity index (χ3v) is 8.17.